The molecule has 0 aromatic rings. The van der Waals surface area contributed by atoms with Crippen molar-refractivity contribution in [3.05, 3.63) is 12.2 Å². The number of carbonyl (C=O) groups excluding carboxylic acids is 2. The minimum absolute atomic E-state index is 0.00634. The Kier molecular flexibility index (Phi) is 4.76. The summed E-state index contributed by atoms with van der Waals surface area (Å²) < 4.78 is 8.67. The summed E-state index contributed by atoms with van der Waals surface area (Å²) >= 11 is 0. The van der Waals surface area contributed by atoms with Gasteiger partial charge < -0.3 is 14.6 Å². The van der Waals surface area contributed by atoms with E-state index in [1.807, 2.05) is 0 Å². The third-order valence-corrected chi connectivity index (χ3v) is 1.13. The lowest BCUT2D eigenvalue weighted by Gasteiger charge is -2.06. The number of hydrogen-bond donors (Lipinski definition) is 1. The maximum atomic E-state index is 10.8. The van der Waals surface area contributed by atoms with Crippen LogP contribution in [0.25, 0.3) is 0 Å². The van der Waals surface area contributed by atoms with Crippen LogP contribution < -0.4 is 0 Å². The van der Waals surface area contributed by atoms with Crippen LogP contribution in [0.3, 0.4) is 0 Å². The number of methoxy groups -OCH3 is 1. The first-order valence-electron chi connectivity index (χ1n) is 3.61. The van der Waals surface area contributed by atoms with Crippen LogP contribution in [0.4, 0.5) is 0 Å². The number of rotatable bonds is 4. The van der Waals surface area contributed by atoms with Gasteiger partial charge in [-0.05, 0) is 6.92 Å². The molecule has 13 heavy (non-hydrogen) atoms. The standard InChI is InChI=1S/C8H12O5/c1-5(8(11)12-3)4-7(10)13-6(2)9/h6,9H,1,4H2,2-3H3. The normalized spacial score (nSPS) is 11.6. The van der Waals surface area contributed by atoms with Crippen molar-refractivity contribution in [3.63, 3.8) is 0 Å². The Hall–Kier alpha value is -1.36. The van der Waals surface area contributed by atoms with Crippen LogP contribution in [0.2, 0.25) is 0 Å². The van der Waals surface area contributed by atoms with Crippen molar-refractivity contribution in [2.45, 2.75) is 19.6 Å². The van der Waals surface area contributed by atoms with Crippen molar-refractivity contribution < 1.29 is 24.2 Å². The van der Waals surface area contributed by atoms with Gasteiger partial charge in [0.25, 0.3) is 0 Å². The van der Waals surface area contributed by atoms with Gasteiger partial charge in [-0.2, -0.15) is 0 Å². The fraction of sp³-hybridized carbons (Fsp3) is 0.500. The molecule has 1 unspecified atom stereocenters. The minimum atomic E-state index is -1.18. The lowest BCUT2D eigenvalue weighted by atomic mass is 10.2. The minimum Gasteiger partial charge on any atom is -0.466 e. The first kappa shape index (κ1) is 11.6. The highest BCUT2D eigenvalue weighted by molar-refractivity contribution is 5.93. The molecule has 0 spiro atoms. The van der Waals surface area contributed by atoms with Gasteiger partial charge >= 0.3 is 11.9 Å². The van der Waals surface area contributed by atoms with Crippen LogP contribution in [-0.4, -0.2) is 30.4 Å². The first-order chi connectivity index (χ1) is 5.97. The highest BCUT2D eigenvalue weighted by Crippen LogP contribution is 2.03. The molecule has 74 valence electrons. The van der Waals surface area contributed by atoms with Crippen LogP contribution in [0.5, 0.6) is 0 Å². The van der Waals surface area contributed by atoms with Gasteiger partial charge in [0.1, 0.15) is 0 Å². The Balaban J connectivity index is 3.92. The Morgan fingerprint density at radius 1 is 1.54 bits per heavy atom. The molecular formula is C8H12O5. The number of carbonyl (C=O) groups is 2. The monoisotopic (exact) mass is 188 g/mol. The highest BCUT2D eigenvalue weighted by Gasteiger charge is 2.14. The second-order valence-corrected chi connectivity index (χ2v) is 2.36. The highest BCUT2D eigenvalue weighted by atomic mass is 16.6. The Labute approximate surface area is 75.9 Å². The van der Waals surface area contributed by atoms with E-state index in [-0.39, 0.29) is 12.0 Å². The molecule has 0 aliphatic rings. The van der Waals surface area contributed by atoms with E-state index in [0.717, 1.165) is 0 Å². The lowest BCUT2D eigenvalue weighted by molar-refractivity contribution is -0.164. The number of esters is 2. The van der Waals surface area contributed by atoms with Crippen molar-refractivity contribution in [3.8, 4) is 0 Å². The fourth-order valence-electron chi connectivity index (χ4n) is 0.623. The molecule has 5 nitrogen and oxygen atoms in total. The second-order valence-electron chi connectivity index (χ2n) is 2.36. The average molecular weight is 188 g/mol. The maximum absolute atomic E-state index is 10.8. The van der Waals surface area contributed by atoms with Crippen LogP contribution in [0, 0.1) is 0 Å². The van der Waals surface area contributed by atoms with Gasteiger partial charge in [0.15, 0.2) is 6.29 Å². The number of aliphatic hydroxyl groups excluding tert-OH is 1. The zero-order chi connectivity index (χ0) is 10.4. The van der Waals surface area contributed by atoms with Crippen molar-refractivity contribution in [1.82, 2.24) is 0 Å². The van der Waals surface area contributed by atoms with E-state index in [4.69, 9.17) is 5.11 Å². The summed E-state index contributed by atoms with van der Waals surface area (Å²) in [6.45, 7) is 4.61. The molecule has 1 N–H and O–H groups in total. The predicted molar refractivity (Wildman–Crippen MR) is 43.5 cm³/mol. The van der Waals surface area contributed by atoms with E-state index < -0.39 is 18.2 Å². The molecule has 0 aromatic heterocycles. The van der Waals surface area contributed by atoms with E-state index in [2.05, 4.69) is 16.1 Å². The molecule has 1 atom stereocenters. The van der Waals surface area contributed by atoms with Gasteiger partial charge in [-0.1, -0.05) is 6.58 Å². The molecular weight excluding hydrogens is 176 g/mol. The lowest BCUT2D eigenvalue weighted by Crippen LogP contribution is -2.16. The molecule has 0 bridgehead atoms. The van der Waals surface area contributed by atoms with Crippen LogP contribution >= 0.6 is 0 Å². The van der Waals surface area contributed by atoms with E-state index in [9.17, 15) is 9.59 Å². The molecule has 0 aliphatic carbocycles. The summed E-state index contributed by atoms with van der Waals surface area (Å²) in [7, 11) is 1.19. The SMILES string of the molecule is C=C(CC(=O)OC(C)O)C(=O)OC. The van der Waals surface area contributed by atoms with E-state index in [0.29, 0.717) is 0 Å². The molecule has 0 radical (unpaired) electrons. The molecule has 0 saturated carbocycles. The summed E-state index contributed by atoms with van der Waals surface area (Å²) in [6, 6.07) is 0. The van der Waals surface area contributed by atoms with Gasteiger partial charge in [0.2, 0.25) is 0 Å². The van der Waals surface area contributed by atoms with Crippen LogP contribution in [0.15, 0.2) is 12.2 Å². The number of ether oxygens (including phenoxy) is 2. The molecule has 0 amide bonds. The Morgan fingerprint density at radius 3 is 2.46 bits per heavy atom. The van der Waals surface area contributed by atoms with Gasteiger partial charge in [0, 0.05) is 5.57 Å². The molecule has 0 saturated heterocycles. The molecule has 5 heteroatoms. The fourth-order valence-corrected chi connectivity index (χ4v) is 0.623. The zero-order valence-electron chi connectivity index (χ0n) is 7.57. The maximum Gasteiger partial charge on any atom is 0.333 e. The first-order valence-corrected chi connectivity index (χ1v) is 3.61. The third-order valence-electron chi connectivity index (χ3n) is 1.13. The third kappa shape index (κ3) is 4.97. The summed E-state index contributed by atoms with van der Waals surface area (Å²) in [5.74, 6) is -1.38. The van der Waals surface area contributed by atoms with Crippen molar-refractivity contribution in [2.24, 2.45) is 0 Å². The van der Waals surface area contributed by atoms with Crippen molar-refractivity contribution in [1.29, 1.82) is 0 Å². The Bertz CT molecular complexity index is 219. The number of aliphatic hydroxyl groups is 1. The van der Waals surface area contributed by atoms with Crippen molar-refractivity contribution in [2.75, 3.05) is 7.11 Å². The zero-order valence-corrected chi connectivity index (χ0v) is 7.57. The van der Waals surface area contributed by atoms with Gasteiger partial charge in [-0.3, -0.25) is 4.79 Å². The summed E-state index contributed by atoms with van der Waals surface area (Å²) in [4.78, 5) is 21.6. The van der Waals surface area contributed by atoms with Crippen LogP contribution in [-0.2, 0) is 19.1 Å². The van der Waals surface area contributed by atoms with Crippen LogP contribution in [0.1, 0.15) is 13.3 Å². The summed E-state index contributed by atoms with van der Waals surface area (Å²) in [5, 5.41) is 8.64. The van der Waals surface area contributed by atoms with E-state index in [1.54, 1.807) is 0 Å². The second kappa shape index (κ2) is 5.31. The summed E-state index contributed by atoms with van der Waals surface area (Å²) in [5.41, 5.74) is -0.00634. The molecule has 0 aromatic carbocycles. The largest absolute Gasteiger partial charge is 0.466 e. The molecule has 0 fully saturated rings. The van der Waals surface area contributed by atoms with Crippen molar-refractivity contribution >= 4 is 11.9 Å². The van der Waals surface area contributed by atoms with Gasteiger partial charge in [-0.15, -0.1) is 0 Å². The van der Waals surface area contributed by atoms with E-state index in [1.165, 1.54) is 14.0 Å². The molecule has 0 heterocycles. The molecule has 0 aliphatic heterocycles. The quantitative estimate of drug-likeness (QED) is 0.381. The topological polar surface area (TPSA) is 72.8 Å². The average Bonchev–Trinajstić information content (AvgIpc) is 2.01. The smallest absolute Gasteiger partial charge is 0.333 e. The Morgan fingerprint density at radius 2 is 2.08 bits per heavy atom. The number of hydrogen-bond acceptors (Lipinski definition) is 5. The molecule has 0 rings (SSSR count). The van der Waals surface area contributed by atoms with Gasteiger partial charge in [-0.25, -0.2) is 4.79 Å². The summed E-state index contributed by atoms with van der Waals surface area (Å²) in [6.07, 6.45) is -1.46. The van der Waals surface area contributed by atoms with E-state index >= 15 is 0 Å². The van der Waals surface area contributed by atoms with Gasteiger partial charge in [0.05, 0.1) is 13.5 Å². The predicted octanol–water partition coefficient (Wildman–Crippen LogP) is -0.0128.